The Morgan fingerprint density at radius 3 is 2.90 bits per heavy atom. The van der Waals surface area contributed by atoms with Crippen LogP contribution in [0.2, 0.25) is 0 Å². The molecule has 1 aromatic carbocycles. The fourth-order valence-electron chi connectivity index (χ4n) is 2.82. The van der Waals surface area contributed by atoms with Gasteiger partial charge >= 0.3 is 0 Å². The van der Waals surface area contributed by atoms with Gasteiger partial charge in [0.25, 0.3) is 0 Å². The van der Waals surface area contributed by atoms with Gasteiger partial charge in [-0.15, -0.1) is 0 Å². The minimum absolute atomic E-state index is 0.0997. The van der Waals surface area contributed by atoms with Crippen molar-refractivity contribution >= 4 is 0 Å². The van der Waals surface area contributed by atoms with Crippen LogP contribution in [0.3, 0.4) is 0 Å². The Balaban J connectivity index is 2.03. The summed E-state index contributed by atoms with van der Waals surface area (Å²) in [6, 6.07) is 5.36. The van der Waals surface area contributed by atoms with Crippen molar-refractivity contribution in [1.82, 2.24) is 5.32 Å². The van der Waals surface area contributed by atoms with E-state index >= 15 is 0 Å². The average molecular weight is 279 g/mol. The number of rotatable bonds is 5. The lowest BCUT2D eigenvalue weighted by molar-refractivity contribution is -0.0279. The first-order valence-corrected chi connectivity index (χ1v) is 7.66. The largest absolute Gasteiger partial charge is 0.373 e. The van der Waals surface area contributed by atoms with Crippen molar-refractivity contribution in [2.75, 3.05) is 19.7 Å². The van der Waals surface area contributed by atoms with Crippen molar-refractivity contribution in [1.29, 1.82) is 0 Å². The second kappa shape index (κ2) is 7.19. The van der Waals surface area contributed by atoms with Crippen molar-refractivity contribution < 1.29 is 9.13 Å². The maximum absolute atomic E-state index is 13.4. The summed E-state index contributed by atoms with van der Waals surface area (Å²) in [6.07, 6.45) is 2.39. The monoisotopic (exact) mass is 279 g/mol. The smallest absolute Gasteiger partial charge is 0.126 e. The summed E-state index contributed by atoms with van der Waals surface area (Å²) in [6.45, 7) is 9.05. The quantitative estimate of drug-likeness (QED) is 0.884. The molecule has 0 spiro atoms. The Bertz CT molecular complexity index is 433. The lowest BCUT2D eigenvalue weighted by Crippen LogP contribution is -2.33. The zero-order chi connectivity index (χ0) is 14.5. The minimum atomic E-state index is -0.140. The molecule has 112 valence electrons. The summed E-state index contributed by atoms with van der Waals surface area (Å²) >= 11 is 0. The van der Waals surface area contributed by atoms with E-state index in [2.05, 4.69) is 19.2 Å². The van der Waals surface area contributed by atoms with Crippen molar-refractivity contribution in [2.24, 2.45) is 11.8 Å². The normalized spacial score (nSPS) is 23.2. The second-order valence-electron chi connectivity index (χ2n) is 6.25. The fourth-order valence-corrected chi connectivity index (χ4v) is 2.82. The molecule has 0 radical (unpaired) electrons. The van der Waals surface area contributed by atoms with Gasteiger partial charge in [-0.25, -0.2) is 4.39 Å². The van der Waals surface area contributed by atoms with Gasteiger partial charge in [-0.2, -0.15) is 0 Å². The molecular weight excluding hydrogens is 253 g/mol. The van der Waals surface area contributed by atoms with Gasteiger partial charge in [0.2, 0.25) is 0 Å². The van der Waals surface area contributed by atoms with Crippen molar-refractivity contribution in [3.05, 3.63) is 35.1 Å². The number of ether oxygens (including phenoxy) is 1. The second-order valence-corrected chi connectivity index (χ2v) is 6.25. The molecule has 0 bridgehead atoms. The average Bonchev–Trinajstić information content (AvgIpc) is 2.42. The maximum Gasteiger partial charge on any atom is 0.126 e. The molecule has 2 nitrogen and oxygen atoms in total. The Kier molecular flexibility index (Phi) is 5.55. The number of halogens is 1. The van der Waals surface area contributed by atoms with Gasteiger partial charge in [-0.1, -0.05) is 26.0 Å². The van der Waals surface area contributed by atoms with Gasteiger partial charge < -0.3 is 10.1 Å². The zero-order valence-electron chi connectivity index (χ0n) is 12.8. The molecule has 1 heterocycles. The zero-order valence-corrected chi connectivity index (χ0v) is 12.8. The van der Waals surface area contributed by atoms with Gasteiger partial charge in [0.1, 0.15) is 5.82 Å². The van der Waals surface area contributed by atoms with E-state index in [-0.39, 0.29) is 11.9 Å². The van der Waals surface area contributed by atoms with E-state index in [0.29, 0.717) is 17.4 Å². The molecule has 1 fully saturated rings. The van der Waals surface area contributed by atoms with Crippen molar-refractivity contribution in [3.63, 3.8) is 0 Å². The highest BCUT2D eigenvalue weighted by molar-refractivity contribution is 5.26. The number of nitrogens with one attached hydrogen (secondary N) is 1. The predicted octanol–water partition coefficient (Wildman–Crippen LogP) is 3.85. The molecule has 1 aliphatic rings. The Morgan fingerprint density at radius 1 is 1.40 bits per heavy atom. The van der Waals surface area contributed by atoms with Crippen LogP contribution in [0.25, 0.3) is 0 Å². The van der Waals surface area contributed by atoms with E-state index < -0.39 is 0 Å². The highest BCUT2D eigenvalue weighted by Crippen LogP contribution is 2.33. The van der Waals surface area contributed by atoms with E-state index in [1.54, 1.807) is 6.07 Å². The third kappa shape index (κ3) is 4.03. The predicted molar refractivity (Wildman–Crippen MR) is 80.3 cm³/mol. The molecular formula is C17H26FNO. The van der Waals surface area contributed by atoms with E-state index in [1.165, 1.54) is 6.42 Å². The highest BCUT2D eigenvalue weighted by Gasteiger charge is 2.27. The molecule has 0 amide bonds. The number of benzene rings is 1. The standard InChI is InChI=1S/C17H26FNO/c1-12(2)10-19-11-15-5-4-8-20-17(15)14-6-7-16(18)13(3)9-14/h6-7,9,12,15,17,19H,4-5,8,10-11H2,1-3H3. The molecule has 0 aliphatic carbocycles. The summed E-state index contributed by atoms with van der Waals surface area (Å²) in [4.78, 5) is 0. The summed E-state index contributed by atoms with van der Waals surface area (Å²) in [5.74, 6) is 0.998. The van der Waals surface area contributed by atoms with Crippen LogP contribution in [0.1, 0.15) is 43.9 Å². The third-order valence-corrected chi connectivity index (χ3v) is 3.91. The van der Waals surface area contributed by atoms with Crippen LogP contribution in [-0.2, 0) is 4.74 Å². The fraction of sp³-hybridized carbons (Fsp3) is 0.647. The maximum atomic E-state index is 13.4. The lowest BCUT2D eigenvalue weighted by Gasteiger charge is -2.32. The molecule has 0 aromatic heterocycles. The van der Waals surface area contributed by atoms with Crippen molar-refractivity contribution in [2.45, 2.75) is 39.7 Å². The van der Waals surface area contributed by atoms with Crippen LogP contribution >= 0.6 is 0 Å². The van der Waals surface area contributed by atoms with Crippen LogP contribution in [0.5, 0.6) is 0 Å². The summed E-state index contributed by atoms with van der Waals surface area (Å²) in [5.41, 5.74) is 1.81. The van der Waals surface area contributed by atoms with Gasteiger partial charge in [0, 0.05) is 19.1 Å². The first-order chi connectivity index (χ1) is 9.58. The Morgan fingerprint density at radius 2 is 2.20 bits per heavy atom. The van der Waals surface area contributed by atoms with Gasteiger partial charge in [0.15, 0.2) is 0 Å². The topological polar surface area (TPSA) is 21.3 Å². The van der Waals surface area contributed by atoms with Gasteiger partial charge in [-0.05, 0) is 49.4 Å². The van der Waals surface area contributed by atoms with E-state index in [9.17, 15) is 4.39 Å². The molecule has 20 heavy (non-hydrogen) atoms. The Labute approximate surface area is 121 Å². The van der Waals surface area contributed by atoms with E-state index in [0.717, 1.165) is 31.7 Å². The van der Waals surface area contributed by atoms with Gasteiger partial charge in [-0.3, -0.25) is 0 Å². The van der Waals surface area contributed by atoms with Crippen LogP contribution < -0.4 is 5.32 Å². The Hall–Kier alpha value is -0.930. The van der Waals surface area contributed by atoms with Gasteiger partial charge in [0.05, 0.1) is 6.10 Å². The summed E-state index contributed by atoms with van der Waals surface area (Å²) < 4.78 is 19.4. The first-order valence-electron chi connectivity index (χ1n) is 7.66. The summed E-state index contributed by atoms with van der Waals surface area (Å²) in [7, 11) is 0. The molecule has 1 saturated heterocycles. The van der Waals surface area contributed by atoms with Crippen LogP contribution in [0.15, 0.2) is 18.2 Å². The molecule has 1 N–H and O–H groups in total. The molecule has 2 unspecified atom stereocenters. The molecule has 2 rings (SSSR count). The SMILES string of the molecule is Cc1cc(C2OCCCC2CNCC(C)C)ccc1F. The third-order valence-electron chi connectivity index (χ3n) is 3.91. The molecule has 1 aromatic rings. The van der Waals surface area contributed by atoms with Crippen LogP contribution in [0, 0.1) is 24.6 Å². The number of hydrogen-bond acceptors (Lipinski definition) is 2. The number of hydrogen-bond donors (Lipinski definition) is 1. The summed E-state index contributed by atoms with van der Waals surface area (Å²) in [5, 5.41) is 3.53. The molecule has 1 aliphatic heterocycles. The lowest BCUT2D eigenvalue weighted by atomic mass is 9.88. The number of aryl methyl sites for hydroxylation is 1. The first kappa shape index (κ1) is 15.5. The van der Waals surface area contributed by atoms with E-state index in [4.69, 9.17) is 4.74 Å². The van der Waals surface area contributed by atoms with Crippen LogP contribution in [-0.4, -0.2) is 19.7 Å². The molecule has 2 atom stereocenters. The minimum Gasteiger partial charge on any atom is -0.373 e. The van der Waals surface area contributed by atoms with E-state index in [1.807, 2.05) is 19.1 Å². The van der Waals surface area contributed by atoms with Crippen molar-refractivity contribution in [3.8, 4) is 0 Å². The van der Waals surface area contributed by atoms with Crippen LogP contribution in [0.4, 0.5) is 4.39 Å². The molecule has 3 heteroatoms. The highest BCUT2D eigenvalue weighted by atomic mass is 19.1. The molecule has 0 saturated carbocycles.